The Hall–Kier alpha value is -0.890. The molecule has 1 nitrogen and oxygen atoms in total. The van der Waals surface area contributed by atoms with Gasteiger partial charge in [-0.15, -0.1) is 0 Å². The van der Waals surface area contributed by atoms with E-state index < -0.39 is 5.82 Å². The van der Waals surface area contributed by atoms with Gasteiger partial charge in [-0.1, -0.05) is 37.9 Å². The summed E-state index contributed by atoms with van der Waals surface area (Å²) in [6, 6.07) is 4.75. The fourth-order valence-corrected chi connectivity index (χ4v) is 1.79. The average Bonchev–Trinajstić information content (AvgIpc) is 2.22. The normalized spacial score (nSPS) is 14.7. The molecule has 0 saturated carbocycles. The zero-order chi connectivity index (χ0) is 11.5. The minimum Gasteiger partial charge on any atom is -0.312 e. The van der Waals surface area contributed by atoms with Gasteiger partial charge in [-0.05, 0) is 24.1 Å². The fourth-order valence-electron chi connectivity index (χ4n) is 1.67. The van der Waals surface area contributed by atoms with Gasteiger partial charge in [0.05, 0.1) is 5.02 Å². The number of benzene rings is 1. The Labute approximate surface area is 94.8 Å². The van der Waals surface area contributed by atoms with Crippen molar-refractivity contribution in [3.8, 4) is 0 Å². The smallest absolute Gasteiger partial charge is 0.142 e. The van der Waals surface area contributed by atoms with Gasteiger partial charge in [0.25, 0.3) is 0 Å². The first kappa shape index (κ1) is 12.2. The Balaban J connectivity index is 3.12. The Kier molecular flexibility index (Phi) is 3.86. The van der Waals surface area contributed by atoms with Crippen molar-refractivity contribution in [3.63, 3.8) is 0 Å². The molecule has 0 radical (unpaired) electrons. The third kappa shape index (κ3) is 2.57. The molecule has 0 saturated heterocycles. The SMILES string of the molecule is CCCC(C)(C=N)c1ccc(Cl)c(F)c1. The molecule has 1 unspecified atom stereocenters. The molecule has 0 aliphatic rings. The summed E-state index contributed by atoms with van der Waals surface area (Å²) in [7, 11) is 0. The van der Waals surface area contributed by atoms with Crippen LogP contribution in [0.2, 0.25) is 5.02 Å². The van der Waals surface area contributed by atoms with Gasteiger partial charge in [-0.3, -0.25) is 0 Å². The molecular formula is C12H15ClFN. The van der Waals surface area contributed by atoms with Gasteiger partial charge >= 0.3 is 0 Å². The van der Waals surface area contributed by atoms with E-state index in [2.05, 4.69) is 0 Å². The van der Waals surface area contributed by atoms with Crippen LogP contribution in [-0.4, -0.2) is 6.21 Å². The van der Waals surface area contributed by atoms with Crippen LogP contribution in [-0.2, 0) is 5.41 Å². The lowest BCUT2D eigenvalue weighted by Gasteiger charge is -2.24. The minimum atomic E-state index is -0.418. The Bertz CT molecular complexity index is 365. The molecule has 15 heavy (non-hydrogen) atoms. The molecule has 0 heterocycles. The fraction of sp³-hybridized carbons (Fsp3) is 0.417. The van der Waals surface area contributed by atoms with Crippen molar-refractivity contribution >= 4 is 17.8 Å². The van der Waals surface area contributed by atoms with Gasteiger partial charge in [0.15, 0.2) is 0 Å². The van der Waals surface area contributed by atoms with E-state index in [-0.39, 0.29) is 10.4 Å². The highest BCUT2D eigenvalue weighted by Gasteiger charge is 2.23. The quantitative estimate of drug-likeness (QED) is 0.746. The predicted molar refractivity (Wildman–Crippen MR) is 62.5 cm³/mol. The number of hydrogen-bond acceptors (Lipinski definition) is 1. The average molecular weight is 228 g/mol. The monoisotopic (exact) mass is 227 g/mol. The van der Waals surface area contributed by atoms with Gasteiger partial charge in [-0.25, -0.2) is 4.39 Å². The van der Waals surface area contributed by atoms with Gasteiger partial charge in [0.2, 0.25) is 0 Å². The minimum absolute atomic E-state index is 0.127. The Morgan fingerprint density at radius 2 is 2.20 bits per heavy atom. The first-order valence-electron chi connectivity index (χ1n) is 5.00. The molecule has 0 aromatic heterocycles. The Morgan fingerprint density at radius 3 is 2.67 bits per heavy atom. The van der Waals surface area contributed by atoms with Gasteiger partial charge in [-0.2, -0.15) is 0 Å². The van der Waals surface area contributed by atoms with E-state index >= 15 is 0 Å². The van der Waals surface area contributed by atoms with Crippen molar-refractivity contribution < 1.29 is 4.39 Å². The first-order chi connectivity index (χ1) is 7.03. The van der Waals surface area contributed by atoms with E-state index in [9.17, 15) is 4.39 Å². The summed E-state index contributed by atoms with van der Waals surface area (Å²) in [4.78, 5) is 0. The van der Waals surface area contributed by atoms with E-state index in [1.54, 1.807) is 12.1 Å². The third-order valence-electron chi connectivity index (χ3n) is 2.67. The molecule has 0 aliphatic heterocycles. The molecular weight excluding hydrogens is 213 g/mol. The number of halogens is 2. The van der Waals surface area contributed by atoms with Crippen molar-refractivity contribution in [1.29, 1.82) is 5.41 Å². The highest BCUT2D eigenvalue weighted by Crippen LogP contribution is 2.29. The highest BCUT2D eigenvalue weighted by molar-refractivity contribution is 6.30. The molecule has 1 aromatic rings. The highest BCUT2D eigenvalue weighted by atomic mass is 35.5. The maximum Gasteiger partial charge on any atom is 0.142 e. The van der Waals surface area contributed by atoms with E-state index in [4.69, 9.17) is 17.0 Å². The molecule has 0 spiro atoms. The van der Waals surface area contributed by atoms with Crippen molar-refractivity contribution in [2.45, 2.75) is 32.1 Å². The topological polar surface area (TPSA) is 23.9 Å². The number of nitrogens with one attached hydrogen (secondary N) is 1. The third-order valence-corrected chi connectivity index (χ3v) is 2.97. The summed E-state index contributed by atoms with van der Waals surface area (Å²) < 4.78 is 13.3. The molecule has 82 valence electrons. The van der Waals surface area contributed by atoms with Gasteiger partial charge < -0.3 is 5.41 Å². The molecule has 0 bridgehead atoms. The van der Waals surface area contributed by atoms with Crippen LogP contribution in [0.1, 0.15) is 32.3 Å². The summed E-state index contributed by atoms with van der Waals surface area (Å²) in [6.07, 6.45) is 3.16. The summed E-state index contributed by atoms with van der Waals surface area (Å²) in [5, 5.41) is 7.57. The largest absolute Gasteiger partial charge is 0.312 e. The van der Waals surface area contributed by atoms with Gasteiger partial charge in [0.1, 0.15) is 5.82 Å². The van der Waals surface area contributed by atoms with E-state index in [0.717, 1.165) is 18.4 Å². The lowest BCUT2D eigenvalue weighted by molar-refractivity contribution is 0.563. The van der Waals surface area contributed by atoms with E-state index in [1.165, 1.54) is 12.3 Å². The van der Waals surface area contributed by atoms with Crippen molar-refractivity contribution in [2.75, 3.05) is 0 Å². The van der Waals surface area contributed by atoms with Crippen molar-refractivity contribution in [3.05, 3.63) is 34.6 Å². The molecule has 0 amide bonds. The van der Waals surface area contributed by atoms with Crippen LogP contribution in [0.5, 0.6) is 0 Å². The zero-order valence-corrected chi connectivity index (χ0v) is 9.74. The number of hydrogen-bond donors (Lipinski definition) is 1. The maximum atomic E-state index is 13.3. The summed E-state index contributed by atoms with van der Waals surface area (Å²) in [5.41, 5.74) is 0.418. The van der Waals surface area contributed by atoms with E-state index in [0.29, 0.717) is 0 Å². The van der Waals surface area contributed by atoms with Crippen LogP contribution in [0.4, 0.5) is 4.39 Å². The lowest BCUT2D eigenvalue weighted by Crippen LogP contribution is -2.23. The lowest BCUT2D eigenvalue weighted by atomic mass is 9.80. The molecule has 1 atom stereocenters. The molecule has 1 N–H and O–H groups in total. The van der Waals surface area contributed by atoms with Crippen LogP contribution in [0.3, 0.4) is 0 Å². The second-order valence-corrected chi connectivity index (χ2v) is 4.35. The zero-order valence-electron chi connectivity index (χ0n) is 8.98. The standard InChI is InChI=1S/C12H15ClFN/c1-3-6-12(2,8-15)9-4-5-10(13)11(14)7-9/h4-5,7-8,15H,3,6H2,1-2H3. The Morgan fingerprint density at radius 1 is 1.53 bits per heavy atom. The second kappa shape index (κ2) is 4.75. The molecule has 0 aliphatic carbocycles. The second-order valence-electron chi connectivity index (χ2n) is 3.94. The van der Waals surface area contributed by atoms with Crippen LogP contribution >= 0.6 is 11.6 Å². The van der Waals surface area contributed by atoms with Gasteiger partial charge in [0, 0.05) is 11.6 Å². The van der Waals surface area contributed by atoms with Crippen LogP contribution in [0.25, 0.3) is 0 Å². The maximum absolute atomic E-state index is 13.3. The van der Waals surface area contributed by atoms with Crippen molar-refractivity contribution in [2.24, 2.45) is 0 Å². The van der Waals surface area contributed by atoms with Crippen molar-refractivity contribution in [1.82, 2.24) is 0 Å². The van der Waals surface area contributed by atoms with E-state index in [1.807, 2.05) is 13.8 Å². The molecule has 3 heteroatoms. The van der Waals surface area contributed by atoms with Crippen LogP contribution < -0.4 is 0 Å². The molecule has 0 fully saturated rings. The van der Waals surface area contributed by atoms with Crippen LogP contribution in [0.15, 0.2) is 18.2 Å². The molecule has 1 aromatic carbocycles. The summed E-state index contributed by atoms with van der Waals surface area (Å²) in [6.45, 7) is 3.99. The van der Waals surface area contributed by atoms with Crippen LogP contribution in [0, 0.1) is 11.2 Å². The number of rotatable bonds is 4. The summed E-state index contributed by atoms with van der Waals surface area (Å²) in [5.74, 6) is -0.418. The first-order valence-corrected chi connectivity index (χ1v) is 5.38. The molecule has 1 rings (SSSR count). The predicted octanol–water partition coefficient (Wildman–Crippen LogP) is 4.19. The summed E-state index contributed by atoms with van der Waals surface area (Å²) >= 11 is 5.62.